The van der Waals surface area contributed by atoms with E-state index in [1.54, 1.807) is 30.4 Å². The summed E-state index contributed by atoms with van der Waals surface area (Å²) >= 11 is 0. The number of rotatable bonds is 4. The average Bonchev–Trinajstić information content (AvgIpc) is 3.03. The molecule has 2 aromatic rings. The van der Waals surface area contributed by atoms with Gasteiger partial charge >= 0.3 is 0 Å². The monoisotopic (exact) mass is 295 g/mol. The van der Waals surface area contributed by atoms with E-state index in [2.05, 4.69) is 10.5 Å². The molecule has 110 valence electrons. The second-order valence-corrected chi connectivity index (χ2v) is 4.63. The molecule has 0 radical (unpaired) electrons. The van der Waals surface area contributed by atoms with Crippen molar-refractivity contribution in [2.45, 2.75) is 6.23 Å². The Kier molecular flexibility index (Phi) is 3.93. The first-order valence-electron chi connectivity index (χ1n) is 6.70. The highest BCUT2D eigenvalue weighted by Crippen LogP contribution is 2.20. The Bertz CT molecular complexity index is 741. The second-order valence-electron chi connectivity index (χ2n) is 4.63. The molecule has 3 rings (SSSR count). The van der Waals surface area contributed by atoms with Crippen molar-refractivity contribution in [2.24, 2.45) is 4.99 Å². The van der Waals surface area contributed by atoms with Gasteiger partial charge in [0, 0.05) is 11.6 Å². The van der Waals surface area contributed by atoms with Crippen LogP contribution < -0.4 is 5.48 Å². The molecule has 2 aromatic carbocycles. The largest absolute Gasteiger partial charge is 0.276 e. The predicted octanol–water partition coefficient (Wildman–Crippen LogP) is 2.92. The predicted molar refractivity (Wildman–Crippen MR) is 83.1 cm³/mol. The topological polar surface area (TPSA) is 76.8 Å². The van der Waals surface area contributed by atoms with Crippen LogP contribution in [0.4, 0.5) is 5.69 Å². The van der Waals surface area contributed by atoms with Crippen molar-refractivity contribution in [3.8, 4) is 0 Å². The molecule has 1 aliphatic heterocycles. The maximum absolute atomic E-state index is 11.0. The molecule has 1 aliphatic rings. The standard InChI is InChI=1S/C16H13N3O3/c20-19(21)14-9-5-4-6-12(14)10-11-15-17-16(18-22-15)13-7-2-1-3-8-13/h1-11,15H,(H,17,18). The highest BCUT2D eigenvalue weighted by Gasteiger charge is 2.17. The molecule has 22 heavy (non-hydrogen) atoms. The van der Waals surface area contributed by atoms with E-state index < -0.39 is 11.2 Å². The molecule has 0 spiro atoms. The maximum atomic E-state index is 11.0. The van der Waals surface area contributed by atoms with E-state index >= 15 is 0 Å². The van der Waals surface area contributed by atoms with Crippen LogP contribution in [-0.4, -0.2) is 17.0 Å². The molecule has 6 heteroatoms. The van der Waals surface area contributed by atoms with Crippen LogP contribution in [0.3, 0.4) is 0 Å². The van der Waals surface area contributed by atoms with Gasteiger partial charge in [0.25, 0.3) is 5.69 Å². The number of hydrogen-bond donors (Lipinski definition) is 1. The average molecular weight is 295 g/mol. The maximum Gasteiger partial charge on any atom is 0.276 e. The quantitative estimate of drug-likeness (QED) is 0.695. The number of hydrogen-bond acceptors (Lipinski definition) is 5. The minimum absolute atomic E-state index is 0.0527. The zero-order valence-corrected chi connectivity index (χ0v) is 11.5. The number of amidine groups is 1. The number of nitro groups is 1. The van der Waals surface area contributed by atoms with Gasteiger partial charge in [-0.25, -0.2) is 15.3 Å². The molecule has 1 atom stereocenters. The van der Waals surface area contributed by atoms with Gasteiger partial charge in [-0.3, -0.25) is 10.1 Å². The lowest BCUT2D eigenvalue weighted by Crippen LogP contribution is -2.18. The fraction of sp³-hybridized carbons (Fsp3) is 0.0625. The normalized spacial score (nSPS) is 17.3. The number of benzene rings is 2. The molecule has 0 aromatic heterocycles. The van der Waals surface area contributed by atoms with Gasteiger partial charge in [0.1, 0.15) is 0 Å². The summed E-state index contributed by atoms with van der Waals surface area (Å²) < 4.78 is 0. The van der Waals surface area contributed by atoms with Crippen molar-refractivity contribution >= 4 is 17.6 Å². The summed E-state index contributed by atoms with van der Waals surface area (Å²) in [6.45, 7) is 0. The van der Waals surface area contributed by atoms with Crippen LogP contribution >= 0.6 is 0 Å². The fourth-order valence-corrected chi connectivity index (χ4v) is 2.09. The third-order valence-electron chi connectivity index (χ3n) is 3.15. The van der Waals surface area contributed by atoms with E-state index in [-0.39, 0.29) is 5.69 Å². The Labute approximate surface area is 126 Å². The van der Waals surface area contributed by atoms with Crippen LogP contribution in [0.5, 0.6) is 0 Å². The molecule has 0 bridgehead atoms. The van der Waals surface area contributed by atoms with Gasteiger partial charge in [0.15, 0.2) is 12.1 Å². The summed E-state index contributed by atoms with van der Waals surface area (Å²) in [4.78, 5) is 20.3. The third kappa shape index (κ3) is 3.02. The van der Waals surface area contributed by atoms with Crippen molar-refractivity contribution in [1.82, 2.24) is 5.48 Å². The van der Waals surface area contributed by atoms with E-state index in [4.69, 9.17) is 4.84 Å². The summed E-state index contributed by atoms with van der Waals surface area (Å²) in [6.07, 6.45) is 2.79. The molecule has 0 fully saturated rings. The molecule has 6 nitrogen and oxygen atoms in total. The van der Waals surface area contributed by atoms with E-state index in [0.29, 0.717) is 11.4 Å². The van der Waals surface area contributed by atoms with Gasteiger partial charge in [0.05, 0.1) is 10.5 Å². The lowest BCUT2D eigenvalue weighted by atomic mass is 10.1. The fourth-order valence-electron chi connectivity index (χ4n) is 2.09. The third-order valence-corrected chi connectivity index (χ3v) is 3.15. The minimum Gasteiger partial charge on any atom is -0.258 e. The van der Waals surface area contributed by atoms with Gasteiger partial charge in [-0.2, -0.15) is 0 Å². The Morgan fingerprint density at radius 2 is 1.86 bits per heavy atom. The number of aliphatic imine (C=N–C) groups is 1. The van der Waals surface area contributed by atoms with E-state index in [0.717, 1.165) is 5.56 Å². The summed E-state index contributed by atoms with van der Waals surface area (Å²) in [5, 5.41) is 11.0. The van der Waals surface area contributed by atoms with Crippen molar-refractivity contribution in [3.05, 3.63) is 81.9 Å². The molecule has 0 saturated carbocycles. The van der Waals surface area contributed by atoms with E-state index in [9.17, 15) is 10.1 Å². The number of hydroxylamine groups is 1. The first-order chi connectivity index (χ1) is 10.7. The Balaban J connectivity index is 1.78. The van der Waals surface area contributed by atoms with Crippen LogP contribution in [0, 0.1) is 10.1 Å². The second kappa shape index (κ2) is 6.19. The molecular formula is C16H13N3O3. The van der Waals surface area contributed by atoms with E-state index in [1.807, 2.05) is 30.3 Å². The number of nitrogens with zero attached hydrogens (tertiary/aromatic N) is 2. The number of nitrogens with one attached hydrogen (secondary N) is 1. The van der Waals surface area contributed by atoms with Crippen molar-refractivity contribution in [2.75, 3.05) is 0 Å². The summed E-state index contributed by atoms with van der Waals surface area (Å²) in [7, 11) is 0. The summed E-state index contributed by atoms with van der Waals surface area (Å²) in [6, 6.07) is 16.1. The van der Waals surface area contributed by atoms with E-state index in [1.165, 1.54) is 6.07 Å². The van der Waals surface area contributed by atoms with Crippen LogP contribution in [-0.2, 0) is 4.84 Å². The molecule has 0 amide bonds. The van der Waals surface area contributed by atoms with Crippen molar-refractivity contribution in [1.29, 1.82) is 0 Å². The summed E-state index contributed by atoms with van der Waals surface area (Å²) in [5.74, 6) is 0.637. The molecular weight excluding hydrogens is 282 g/mol. The van der Waals surface area contributed by atoms with Gasteiger partial charge < -0.3 is 0 Å². The van der Waals surface area contributed by atoms with Crippen LogP contribution in [0.1, 0.15) is 11.1 Å². The van der Waals surface area contributed by atoms with Gasteiger partial charge in [-0.15, -0.1) is 0 Å². The Hall–Kier alpha value is -2.99. The molecule has 0 saturated heterocycles. The van der Waals surface area contributed by atoms with Crippen LogP contribution in [0.2, 0.25) is 0 Å². The zero-order valence-electron chi connectivity index (χ0n) is 11.5. The Morgan fingerprint density at radius 3 is 2.64 bits per heavy atom. The SMILES string of the molecule is O=[N+]([O-])c1ccccc1C=CC1N=C(c2ccccc2)NO1. The Morgan fingerprint density at radius 1 is 1.14 bits per heavy atom. The lowest BCUT2D eigenvalue weighted by molar-refractivity contribution is -0.385. The smallest absolute Gasteiger partial charge is 0.258 e. The van der Waals surface area contributed by atoms with Crippen LogP contribution in [0.15, 0.2) is 65.7 Å². The number of para-hydroxylation sites is 1. The molecule has 0 aliphatic carbocycles. The van der Waals surface area contributed by atoms with Gasteiger partial charge in [-0.05, 0) is 18.2 Å². The first kappa shape index (κ1) is 14.0. The molecule has 1 unspecified atom stereocenters. The zero-order chi connectivity index (χ0) is 15.4. The summed E-state index contributed by atoms with van der Waals surface area (Å²) in [5.41, 5.74) is 4.25. The highest BCUT2D eigenvalue weighted by atomic mass is 16.7. The van der Waals surface area contributed by atoms with Crippen LogP contribution in [0.25, 0.3) is 6.08 Å². The minimum atomic E-state index is -0.519. The van der Waals surface area contributed by atoms with Gasteiger partial charge in [0.2, 0.25) is 0 Å². The van der Waals surface area contributed by atoms with Crippen molar-refractivity contribution in [3.63, 3.8) is 0 Å². The first-order valence-corrected chi connectivity index (χ1v) is 6.70. The number of nitro benzene ring substituents is 1. The lowest BCUT2D eigenvalue weighted by Gasteiger charge is -2.00. The highest BCUT2D eigenvalue weighted by molar-refractivity contribution is 5.98. The molecule has 1 N–H and O–H groups in total. The van der Waals surface area contributed by atoms with Gasteiger partial charge in [-0.1, -0.05) is 42.5 Å². The molecule has 1 heterocycles. The van der Waals surface area contributed by atoms with Crippen molar-refractivity contribution < 1.29 is 9.76 Å².